The van der Waals surface area contributed by atoms with Crippen LogP contribution in [-0.4, -0.2) is 40.6 Å². The zero-order chi connectivity index (χ0) is 26.3. The van der Waals surface area contributed by atoms with Gasteiger partial charge in [0.15, 0.2) is 0 Å². The minimum Gasteiger partial charge on any atom is -0.497 e. The molecule has 0 unspecified atom stereocenters. The van der Waals surface area contributed by atoms with Crippen LogP contribution in [0.4, 0.5) is 0 Å². The molecule has 9 heteroatoms. The smallest absolute Gasteiger partial charge is 0.263 e. The van der Waals surface area contributed by atoms with Gasteiger partial charge < -0.3 is 14.6 Å². The number of nitrogens with zero attached hydrogens (tertiary/aromatic N) is 3. The van der Waals surface area contributed by atoms with Gasteiger partial charge in [-0.15, -0.1) is 0 Å². The van der Waals surface area contributed by atoms with Gasteiger partial charge >= 0.3 is 0 Å². The van der Waals surface area contributed by atoms with E-state index in [1.165, 1.54) is 4.57 Å². The molecular formula is C27H33N5O3S. The van der Waals surface area contributed by atoms with E-state index in [0.29, 0.717) is 22.7 Å². The summed E-state index contributed by atoms with van der Waals surface area (Å²) < 4.78 is 10.9. The van der Waals surface area contributed by atoms with Gasteiger partial charge in [0.25, 0.3) is 11.5 Å². The summed E-state index contributed by atoms with van der Waals surface area (Å²) >= 11 is 1.71. The Morgan fingerprint density at radius 3 is 2.58 bits per heavy atom. The summed E-state index contributed by atoms with van der Waals surface area (Å²) in [7, 11) is 3.28. The van der Waals surface area contributed by atoms with Crippen LogP contribution in [0.15, 0.2) is 40.1 Å². The van der Waals surface area contributed by atoms with Crippen molar-refractivity contribution in [3.63, 3.8) is 0 Å². The molecule has 0 saturated heterocycles. The average Bonchev–Trinajstić information content (AvgIpc) is 3.63. The van der Waals surface area contributed by atoms with Crippen molar-refractivity contribution in [2.24, 2.45) is 12.0 Å². The summed E-state index contributed by atoms with van der Waals surface area (Å²) in [5, 5.41) is 12.9. The summed E-state index contributed by atoms with van der Waals surface area (Å²) in [6, 6.07) is 10.5. The maximum atomic E-state index is 13.1. The maximum absolute atomic E-state index is 13.1. The number of nitrogens with one attached hydrogen (secondary N) is 2. The molecule has 8 nitrogen and oxygen atoms in total. The van der Waals surface area contributed by atoms with Crippen LogP contribution in [-0.2, 0) is 18.3 Å². The molecular weight excluding hydrogens is 474 g/mol. The molecule has 0 spiro atoms. The van der Waals surface area contributed by atoms with E-state index in [1.807, 2.05) is 0 Å². The fraction of sp³-hybridized carbons (Fsp3) is 0.407. The first-order valence-electron chi connectivity index (χ1n) is 11.7. The fourth-order valence-electron chi connectivity index (χ4n) is 3.30. The Balaban J connectivity index is 1.81. The highest BCUT2D eigenvalue weighted by Crippen LogP contribution is 2.47. The quantitative estimate of drug-likeness (QED) is 0.397. The SMILES string of the molecule is C\N=C/C=c1/cc(C(=O)NCc2ccc(C#N)cc2)c(=O)n(C)/c1=C\OCC1(SNC(C)(C)C)CC1. The Kier molecular flexibility index (Phi) is 8.77. The molecule has 3 rings (SSSR count). The predicted octanol–water partition coefficient (Wildman–Crippen LogP) is 1.99. The molecule has 2 N–H and O–H groups in total. The molecule has 1 saturated carbocycles. The molecule has 1 aliphatic rings. The van der Waals surface area contributed by atoms with E-state index < -0.39 is 11.5 Å². The van der Waals surface area contributed by atoms with Gasteiger partial charge in [-0.3, -0.25) is 19.3 Å². The number of carbonyl (C=O) groups excluding carboxylic acids is 1. The zero-order valence-electron chi connectivity index (χ0n) is 21.4. The van der Waals surface area contributed by atoms with E-state index in [-0.39, 0.29) is 22.4 Å². The van der Waals surface area contributed by atoms with Gasteiger partial charge in [0.1, 0.15) is 18.4 Å². The van der Waals surface area contributed by atoms with Gasteiger partial charge in [0.2, 0.25) is 0 Å². The molecule has 0 atom stereocenters. The first kappa shape index (κ1) is 27.2. The van der Waals surface area contributed by atoms with Gasteiger partial charge in [-0.1, -0.05) is 24.1 Å². The van der Waals surface area contributed by atoms with E-state index in [0.717, 1.165) is 18.4 Å². The van der Waals surface area contributed by atoms with Crippen molar-refractivity contribution >= 4 is 36.4 Å². The highest BCUT2D eigenvalue weighted by atomic mass is 32.2. The van der Waals surface area contributed by atoms with Gasteiger partial charge in [-0.25, -0.2) is 0 Å². The normalized spacial score (nSPS) is 15.7. The van der Waals surface area contributed by atoms with Crippen LogP contribution in [0.3, 0.4) is 0 Å². The lowest BCUT2D eigenvalue weighted by atomic mass is 10.1. The minimum absolute atomic E-state index is 0.00593. The third-order valence-corrected chi connectivity index (χ3v) is 7.27. The maximum Gasteiger partial charge on any atom is 0.263 e. The number of amides is 1. The van der Waals surface area contributed by atoms with Crippen molar-refractivity contribution in [3.8, 4) is 6.07 Å². The Hall–Kier alpha value is -3.35. The topological polar surface area (TPSA) is 109 Å². The number of pyridine rings is 1. The lowest BCUT2D eigenvalue weighted by Gasteiger charge is -2.23. The Labute approximate surface area is 215 Å². The van der Waals surface area contributed by atoms with E-state index in [1.54, 1.807) is 74.9 Å². The lowest BCUT2D eigenvalue weighted by molar-refractivity contribution is 0.0948. The number of hydrogen-bond acceptors (Lipinski definition) is 7. The van der Waals surface area contributed by atoms with Crippen LogP contribution in [0.5, 0.6) is 0 Å². The molecule has 190 valence electrons. The molecule has 0 aliphatic heterocycles. The third kappa shape index (κ3) is 7.33. The number of aromatic nitrogens is 1. The summed E-state index contributed by atoms with van der Waals surface area (Å²) in [5.74, 6) is -0.475. The number of rotatable bonds is 9. The van der Waals surface area contributed by atoms with E-state index in [2.05, 4.69) is 41.9 Å². The van der Waals surface area contributed by atoms with E-state index >= 15 is 0 Å². The Morgan fingerprint density at radius 1 is 1.31 bits per heavy atom. The summed E-state index contributed by atoms with van der Waals surface area (Å²) in [5.41, 5.74) is 0.990. The average molecular weight is 508 g/mol. The molecule has 1 aromatic heterocycles. The lowest BCUT2D eigenvalue weighted by Crippen LogP contribution is -2.46. The number of ether oxygens (including phenoxy) is 1. The molecule has 1 fully saturated rings. The molecule has 0 bridgehead atoms. The standard InChI is InChI=1S/C27H33N5O3S/c1-26(2,3)31-36-27(11-12-27)18-35-17-23-21(10-13-29-4)14-22(25(34)32(23)5)24(33)30-16-20-8-6-19(15-28)7-9-20/h6-10,13-14,17,31H,11-12,16,18H2,1-5H3,(H,30,33)/b21-10-,23-17-,29-13-. The Morgan fingerprint density at radius 2 is 2.00 bits per heavy atom. The molecule has 0 radical (unpaired) electrons. The molecule has 1 aromatic carbocycles. The van der Waals surface area contributed by atoms with Crippen LogP contribution in [0.1, 0.15) is 55.1 Å². The first-order chi connectivity index (χ1) is 17.1. The number of benzene rings is 1. The highest BCUT2D eigenvalue weighted by Gasteiger charge is 2.45. The zero-order valence-corrected chi connectivity index (χ0v) is 22.2. The number of nitriles is 1. The van der Waals surface area contributed by atoms with Crippen molar-refractivity contribution in [1.29, 1.82) is 5.26 Å². The van der Waals surface area contributed by atoms with Crippen LogP contribution in [0.2, 0.25) is 0 Å². The monoisotopic (exact) mass is 507 g/mol. The van der Waals surface area contributed by atoms with Gasteiger partial charge in [-0.2, -0.15) is 5.26 Å². The summed E-state index contributed by atoms with van der Waals surface area (Å²) in [4.78, 5) is 30.0. The predicted molar refractivity (Wildman–Crippen MR) is 145 cm³/mol. The second kappa shape index (κ2) is 11.6. The molecule has 1 amide bonds. The van der Waals surface area contributed by atoms with Gasteiger partial charge in [0, 0.05) is 37.6 Å². The van der Waals surface area contributed by atoms with Crippen molar-refractivity contribution in [1.82, 2.24) is 14.6 Å². The molecule has 1 heterocycles. The van der Waals surface area contributed by atoms with Crippen molar-refractivity contribution < 1.29 is 9.53 Å². The largest absolute Gasteiger partial charge is 0.497 e. The van der Waals surface area contributed by atoms with Crippen LogP contribution < -0.4 is 26.2 Å². The fourth-order valence-corrected chi connectivity index (χ4v) is 4.25. The number of hydrogen-bond donors (Lipinski definition) is 2. The number of aliphatic imine (C=N–C) groups is 1. The van der Waals surface area contributed by atoms with Crippen LogP contribution >= 0.6 is 11.9 Å². The summed E-state index contributed by atoms with van der Waals surface area (Å²) in [6.07, 6.45) is 7.07. The second-order valence-electron chi connectivity index (χ2n) is 9.89. The van der Waals surface area contributed by atoms with Gasteiger partial charge in [0.05, 0.1) is 21.7 Å². The highest BCUT2D eigenvalue weighted by molar-refractivity contribution is 7.99. The number of carbonyl (C=O) groups is 1. The molecule has 1 aliphatic carbocycles. The van der Waals surface area contributed by atoms with Crippen LogP contribution in [0.25, 0.3) is 12.3 Å². The van der Waals surface area contributed by atoms with Gasteiger partial charge in [-0.05, 0) is 63.5 Å². The molecule has 36 heavy (non-hydrogen) atoms. The minimum atomic E-state index is -0.475. The van der Waals surface area contributed by atoms with E-state index in [9.17, 15) is 9.59 Å². The summed E-state index contributed by atoms with van der Waals surface area (Å²) in [6.45, 7) is 7.13. The van der Waals surface area contributed by atoms with Crippen molar-refractivity contribution in [2.75, 3.05) is 13.7 Å². The van der Waals surface area contributed by atoms with E-state index in [4.69, 9.17) is 10.00 Å². The van der Waals surface area contributed by atoms with Crippen molar-refractivity contribution in [2.45, 2.75) is 50.4 Å². The second-order valence-corrected chi connectivity index (χ2v) is 11.2. The first-order valence-corrected chi connectivity index (χ1v) is 12.6. The third-order valence-electron chi connectivity index (χ3n) is 5.60. The molecule has 2 aromatic rings. The van der Waals surface area contributed by atoms with Crippen molar-refractivity contribution in [3.05, 3.63) is 67.9 Å². The Bertz CT molecular complexity index is 1340. The van der Waals surface area contributed by atoms with Crippen LogP contribution in [0, 0.1) is 11.3 Å².